The van der Waals surface area contributed by atoms with Crippen LogP contribution in [0.25, 0.3) is 0 Å². The van der Waals surface area contributed by atoms with Crippen molar-refractivity contribution < 1.29 is 0 Å². The summed E-state index contributed by atoms with van der Waals surface area (Å²) in [6.07, 6.45) is 0. The number of aromatic nitrogens is 3. The van der Waals surface area contributed by atoms with E-state index >= 15 is 0 Å². The molecule has 2 rings (SSSR count). The van der Waals surface area contributed by atoms with E-state index in [0.29, 0.717) is 6.54 Å². The van der Waals surface area contributed by atoms with Crippen LogP contribution in [0.2, 0.25) is 0 Å². The lowest BCUT2D eigenvalue weighted by Crippen LogP contribution is -2.08. The van der Waals surface area contributed by atoms with Crippen LogP contribution in [0.5, 0.6) is 0 Å². The Morgan fingerprint density at radius 1 is 1.22 bits per heavy atom. The zero-order chi connectivity index (χ0) is 13.3. The van der Waals surface area contributed by atoms with E-state index in [1.54, 1.807) is 0 Å². The lowest BCUT2D eigenvalue weighted by atomic mass is 10.1. The average Bonchev–Trinajstić information content (AvgIpc) is 2.59. The normalized spacial score (nSPS) is 10.7. The molecule has 0 aliphatic heterocycles. The van der Waals surface area contributed by atoms with Gasteiger partial charge >= 0.3 is 0 Å². The van der Waals surface area contributed by atoms with Crippen molar-refractivity contribution in [2.24, 2.45) is 7.05 Å². The molecule has 0 saturated carbocycles. The van der Waals surface area contributed by atoms with Crippen LogP contribution >= 0.6 is 15.9 Å². The van der Waals surface area contributed by atoms with Crippen molar-refractivity contribution in [2.45, 2.75) is 27.3 Å². The van der Waals surface area contributed by atoms with E-state index in [1.807, 2.05) is 18.5 Å². The molecule has 1 heterocycles. The van der Waals surface area contributed by atoms with E-state index in [1.165, 1.54) is 11.1 Å². The number of anilines is 1. The smallest absolute Gasteiger partial charge is 0.152 e. The number of aryl methyl sites for hydroxylation is 3. The molecule has 0 fully saturated rings. The summed E-state index contributed by atoms with van der Waals surface area (Å²) in [5.41, 5.74) is 3.58. The molecule has 96 valence electrons. The van der Waals surface area contributed by atoms with Gasteiger partial charge in [-0.05, 0) is 53.9 Å². The minimum Gasteiger partial charge on any atom is -0.377 e. The Morgan fingerprint density at radius 2 is 1.94 bits per heavy atom. The van der Waals surface area contributed by atoms with Gasteiger partial charge in [0.15, 0.2) is 5.82 Å². The molecule has 0 aliphatic rings. The van der Waals surface area contributed by atoms with Crippen LogP contribution in [-0.4, -0.2) is 14.8 Å². The largest absolute Gasteiger partial charge is 0.377 e. The van der Waals surface area contributed by atoms with Gasteiger partial charge < -0.3 is 9.88 Å². The molecular weight excluding hydrogens is 292 g/mol. The number of rotatable bonds is 3. The van der Waals surface area contributed by atoms with Crippen molar-refractivity contribution in [3.05, 3.63) is 39.4 Å². The summed E-state index contributed by atoms with van der Waals surface area (Å²) in [6.45, 7) is 6.80. The fourth-order valence-electron chi connectivity index (χ4n) is 1.91. The van der Waals surface area contributed by atoms with Crippen molar-refractivity contribution >= 4 is 21.6 Å². The van der Waals surface area contributed by atoms with Gasteiger partial charge in [-0.3, -0.25) is 0 Å². The van der Waals surface area contributed by atoms with E-state index in [0.717, 1.165) is 21.8 Å². The molecule has 18 heavy (non-hydrogen) atoms. The summed E-state index contributed by atoms with van der Waals surface area (Å²) in [4.78, 5) is 0. The van der Waals surface area contributed by atoms with Gasteiger partial charge in [0.25, 0.3) is 0 Å². The average molecular weight is 309 g/mol. The van der Waals surface area contributed by atoms with Crippen LogP contribution in [0, 0.1) is 20.8 Å². The first-order valence-corrected chi connectivity index (χ1v) is 6.64. The van der Waals surface area contributed by atoms with Crippen molar-refractivity contribution in [1.82, 2.24) is 14.8 Å². The van der Waals surface area contributed by atoms with Crippen molar-refractivity contribution in [3.8, 4) is 0 Å². The molecular formula is C13H17BrN4. The topological polar surface area (TPSA) is 42.7 Å². The second kappa shape index (κ2) is 5.10. The molecule has 0 unspecified atom stereocenters. The Kier molecular flexibility index (Phi) is 3.71. The molecule has 0 atom stereocenters. The van der Waals surface area contributed by atoms with Gasteiger partial charge in [-0.2, -0.15) is 0 Å². The van der Waals surface area contributed by atoms with Gasteiger partial charge in [0.05, 0.1) is 12.2 Å². The molecule has 0 radical (unpaired) electrons. The first-order valence-electron chi connectivity index (χ1n) is 5.84. The number of nitrogens with zero attached hydrogens (tertiary/aromatic N) is 3. The Morgan fingerprint density at radius 3 is 2.50 bits per heavy atom. The first-order chi connectivity index (χ1) is 8.49. The highest BCUT2D eigenvalue weighted by Gasteiger charge is 2.08. The van der Waals surface area contributed by atoms with E-state index in [-0.39, 0.29) is 0 Å². The fraction of sp³-hybridized carbons (Fsp3) is 0.385. The summed E-state index contributed by atoms with van der Waals surface area (Å²) in [5.74, 6) is 1.85. The van der Waals surface area contributed by atoms with Crippen LogP contribution in [0.4, 0.5) is 5.69 Å². The molecule has 0 aliphatic carbocycles. The summed E-state index contributed by atoms with van der Waals surface area (Å²) >= 11 is 3.59. The van der Waals surface area contributed by atoms with Crippen LogP contribution < -0.4 is 5.32 Å². The first kappa shape index (κ1) is 13.1. The molecule has 1 N–H and O–H groups in total. The number of nitrogens with one attached hydrogen (secondary N) is 1. The Hall–Kier alpha value is -1.36. The Bertz CT molecular complexity index is 551. The number of hydrogen-bond donors (Lipinski definition) is 1. The molecule has 1 aromatic carbocycles. The lowest BCUT2D eigenvalue weighted by molar-refractivity contribution is 0.789. The minimum atomic E-state index is 0.667. The quantitative estimate of drug-likeness (QED) is 0.947. The van der Waals surface area contributed by atoms with Crippen LogP contribution in [0.1, 0.15) is 22.8 Å². The van der Waals surface area contributed by atoms with Crippen LogP contribution in [0.15, 0.2) is 16.6 Å². The van der Waals surface area contributed by atoms with Crippen molar-refractivity contribution in [1.29, 1.82) is 0 Å². The van der Waals surface area contributed by atoms with Crippen molar-refractivity contribution in [3.63, 3.8) is 0 Å². The van der Waals surface area contributed by atoms with Gasteiger partial charge in [0, 0.05) is 11.5 Å². The monoisotopic (exact) mass is 308 g/mol. The van der Waals surface area contributed by atoms with E-state index in [9.17, 15) is 0 Å². The molecule has 4 nitrogen and oxygen atoms in total. The third kappa shape index (κ3) is 2.56. The van der Waals surface area contributed by atoms with E-state index in [2.05, 4.69) is 57.4 Å². The third-order valence-corrected chi connectivity index (χ3v) is 3.66. The maximum Gasteiger partial charge on any atom is 0.152 e. The Labute approximate surface area is 116 Å². The second-order valence-corrected chi connectivity index (χ2v) is 5.37. The maximum absolute atomic E-state index is 4.14. The highest BCUT2D eigenvalue weighted by Crippen LogP contribution is 2.28. The molecule has 0 bridgehead atoms. The summed E-state index contributed by atoms with van der Waals surface area (Å²) in [7, 11) is 1.98. The Balaban J connectivity index is 2.18. The summed E-state index contributed by atoms with van der Waals surface area (Å²) < 4.78 is 3.07. The van der Waals surface area contributed by atoms with Crippen molar-refractivity contribution in [2.75, 3.05) is 5.32 Å². The molecule has 0 spiro atoms. The third-order valence-electron chi connectivity index (χ3n) is 3.04. The molecule has 2 aromatic rings. The van der Waals surface area contributed by atoms with Gasteiger partial charge in [0.2, 0.25) is 0 Å². The van der Waals surface area contributed by atoms with E-state index < -0.39 is 0 Å². The van der Waals surface area contributed by atoms with E-state index in [4.69, 9.17) is 0 Å². The fourth-order valence-corrected chi connectivity index (χ4v) is 2.73. The second-order valence-electron chi connectivity index (χ2n) is 4.51. The van der Waals surface area contributed by atoms with Gasteiger partial charge in [0.1, 0.15) is 5.82 Å². The van der Waals surface area contributed by atoms with Gasteiger partial charge in [-0.25, -0.2) is 0 Å². The highest BCUT2D eigenvalue weighted by atomic mass is 79.9. The molecule has 0 amide bonds. The minimum absolute atomic E-state index is 0.667. The van der Waals surface area contributed by atoms with Crippen LogP contribution in [0.3, 0.4) is 0 Å². The zero-order valence-corrected chi connectivity index (χ0v) is 12.7. The molecule has 5 heteroatoms. The summed E-state index contributed by atoms with van der Waals surface area (Å²) in [6, 6.07) is 4.27. The number of benzene rings is 1. The highest BCUT2D eigenvalue weighted by molar-refractivity contribution is 9.10. The predicted octanol–water partition coefficient (Wildman–Crippen LogP) is 3.11. The lowest BCUT2D eigenvalue weighted by Gasteiger charge is -2.12. The van der Waals surface area contributed by atoms with Gasteiger partial charge in [-0.15, -0.1) is 10.2 Å². The number of halogens is 1. The van der Waals surface area contributed by atoms with Crippen LogP contribution in [-0.2, 0) is 13.6 Å². The maximum atomic E-state index is 4.14. The summed E-state index contributed by atoms with van der Waals surface area (Å²) in [5, 5.41) is 11.6. The standard InChI is InChI=1S/C13H17BrN4/c1-8-5-9(2)13(11(14)6-8)15-7-12-17-16-10(3)18(12)4/h5-6,15H,7H2,1-4H3. The molecule has 0 saturated heterocycles. The zero-order valence-electron chi connectivity index (χ0n) is 11.1. The van der Waals surface area contributed by atoms with Gasteiger partial charge in [-0.1, -0.05) is 6.07 Å². The predicted molar refractivity (Wildman–Crippen MR) is 76.7 cm³/mol. The SMILES string of the molecule is Cc1cc(C)c(NCc2nnc(C)n2C)c(Br)c1. The molecule has 1 aromatic heterocycles. The number of hydrogen-bond acceptors (Lipinski definition) is 3.